The SMILES string of the molecule is N#Cc1c(F)c(Cl)cc(I)c1NC1=CC(=O)N(CCO)C1=O. The first-order chi connectivity index (χ1) is 10.4. The lowest BCUT2D eigenvalue weighted by Crippen LogP contribution is -2.34. The maximum Gasteiger partial charge on any atom is 0.277 e. The van der Waals surface area contributed by atoms with Crippen molar-refractivity contribution in [1.82, 2.24) is 4.90 Å². The van der Waals surface area contributed by atoms with Crippen LogP contribution in [-0.4, -0.2) is 35.0 Å². The van der Waals surface area contributed by atoms with E-state index in [0.717, 1.165) is 11.0 Å². The van der Waals surface area contributed by atoms with Crippen molar-refractivity contribution >= 4 is 51.7 Å². The zero-order valence-electron chi connectivity index (χ0n) is 10.9. The average Bonchev–Trinajstić information content (AvgIpc) is 2.73. The highest BCUT2D eigenvalue weighted by Gasteiger charge is 2.31. The van der Waals surface area contributed by atoms with Gasteiger partial charge in [-0.1, -0.05) is 11.6 Å². The highest BCUT2D eigenvalue weighted by atomic mass is 127. The molecule has 2 rings (SSSR count). The van der Waals surface area contributed by atoms with Gasteiger partial charge in [-0.25, -0.2) is 4.39 Å². The first-order valence-corrected chi connectivity index (χ1v) is 7.39. The van der Waals surface area contributed by atoms with E-state index in [9.17, 15) is 14.0 Å². The van der Waals surface area contributed by atoms with E-state index < -0.39 is 17.6 Å². The number of nitriles is 1. The van der Waals surface area contributed by atoms with Crippen LogP contribution in [0.5, 0.6) is 0 Å². The third-order valence-electron chi connectivity index (χ3n) is 2.88. The molecule has 114 valence electrons. The van der Waals surface area contributed by atoms with E-state index in [1.807, 2.05) is 22.6 Å². The Morgan fingerprint density at radius 3 is 2.77 bits per heavy atom. The molecule has 1 heterocycles. The van der Waals surface area contributed by atoms with Crippen molar-refractivity contribution in [1.29, 1.82) is 5.26 Å². The molecule has 6 nitrogen and oxygen atoms in total. The van der Waals surface area contributed by atoms with Crippen molar-refractivity contribution in [2.24, 2.45) is 0 Å². The minimum atomic E-state index is -0.906. The number of aliphatic hydroxyl groups excluding tert-OH is 1. The summed E-state index contributed by atoms with van der Waals surface area (Å²) in [6.45, 7) is -0.508. The Kier molecular flexibility index (Phi) is 5.00. The number of carbonyl (C=O) groups is 2. The van der Waals surface area contributed by atoms with Gasteiger partial charge in [0.05, 0.1) is 23.9 Å². The van der Waals surface area contributed by atoms with E-state index in [1.165, 1.54) is 6.07 Å². The fourth-order valence-electron chi connectivity index (χ4n) is 1.87. The summed E-state index contributed by atoms with van der Waals surface area (Å²) >= 11 is 7.50. The van der Waals surface area contributed by atoms with Crippen LogP contribution in [0.4, 0.5) is 10.1 Å². The standard InChI is InChI=1S/C13H8ClFIN3O3/c14-7-3-8(16)12(6(5-17)11(7)15)18-9-4-10(21)19(1-2-20)13(9)22/h3-4,18,20H,1-2H2. The van der Waals surface area contributed by atoms with Gasteiger partial charge < -0.3 is 10.4 Å². The number of imide groups is 1. The Balaban J connectivity index is 2.39. The van der Waals surface area contributed by atoms with E-state index in [1.54, 1.807) is 6.07 Å². The van der Waals surface area contributed by atoms with Crippen LogP contribution in [-0.2, 0) is 9.59 Å². The molecule has 0 fully saturated rings. The number of hydrogen-bond donors (Lipinski definition) is 2. The molecule has 0 aromatic heterocycles. The van der Waals surface area contributed by atoms with Gasteiger partial charge in [0.25, 0.3) is 11.8 Å². The second-order valence-corrected chi connectivity index (χ2v) is 5.79. The quantitative estimate of drug-likeness (QED) is 0.426. The van der Waals surface area contributed by atoms with E-state index in [2.05, 4.69) is 5.32 Å². The normalized spacial score (nSPS) is 14.1. The minimum Gasteiger partial charge on any atom is -0.395 e. The van der Waals surface area contributed by atoms with Gasteiger partial charge in [0.1, 0.15) is 17.3 Å². The van der Waals surface area contributed by atoms with Crippen molar-refractivity contribution < 1.29 is 19.1 Å². The van der Waals surface area contributed by atoms with Gasteiger partial charge in [0, 0.05) is 9.65 Å². The molecule has 2 amide bonds. The molecule has 22 heavy (non-hydrogen) atoms. The summed E-state index contributed by atoms with van der Waals surface area (Å²) in [5, 5.41) is 20.3. The highest BCUT2D eigenvalue weighted by Crippen LogP contribution is 2.32. The monoisotopic (exact) mass is 435 g/mol. The molecule has 0 aliphatic carbocycles. The van der Waals surface area contributed by atoms with Gasteiger partial charge in [-0.3, -0.25) is 14.5 Å². The molecule has 1 aliphatic rings. The lowest BCUT2D eigenvalue weighted by atomic mass is 10.1. The van der Waals surface area contributed by atoms with Crippen molar-refractivity contribution in [3.05, 3.63) is 37.8 Å². The Hall–Kier alpha value is -1.70. The lowest BCUT2D eigenvalue weighted by molar-refractivity contribution is -0.137. The van der Waals surface area contributed by atoms with E-state index >= 15 is 0 Å². The molecule has 1 aliphatic heterocycles. The molecule has 0 atom stereocenters. The third kappa shape index (κ3) is 2.92. The third-order valence-corrected chi connectivity index (χ3v) is 4.00. The van der Waals surface area contributed by atoms with Crippen molar-refractivity contribution in [2.45, 2.75) is 0 Å². The fourth-order valence-corrected chi connectivity index (χ4v) is 2.97. The summed E-state index contributed by atoms with van der Waals surface area (Å²) in [6.07, 6.45) is 1.03. The zero-order valence-corrected chi connectivity index (χ0v) is 13.8. The number of β-amino-alcohol motifs (C(OH)–C–C–N with tert-alkyl or cyclic N) is 1. The number of amides is 2. The van der Waals surface area contributed by atoms with E-state index in [-0.39, 0.29) is 35.1 Å². The van der Waals surface area contributed by atoms with Crippen LogP contribution >= 0.6 is 34.2 Å². The summed E-state index contributed by atoms with van der Waals surface area (Å²) in [4.78, 5) is 24.5. The summed E-state index contributed by atoms with van der Waals surface area (Å²) in [5.74, 6) is -2.16. The van der Waals surface area contributed by atoms with Crippen molar-refractivity contribution in [3.63, 3.8) is 0 Å². The van der Waals surface area contributed by atoms with Crippen LogP contribution in [0.1, 0.15) is 5.56 Å². The second-order valence-electron chi connectivity index (χ2n) is 4.22. The van der Waals surface area contributed by atoms with E-state index in [4.69, 9.17) is 22.0 Å². The summed E-state index contributed by atoms with van der Waals surface area (Å²) in [5.41, 5.74) is -0.392. The molecule has 1 aromatic rings. The average molecular weight is 436 g/mol. The van der Waals surface area contributed by atoms with Crippen LogP contribution in [0.15, 0.2) is 17.8 Å². The number of rotatable bonds is 4. The van der Waals surface area contributed by atoms with Gasteiger partial charge in [0.2, 0.25) is 0 Å². The smallest absolute Gasteiger partial charge is 0.277 e. The summed E-state index contributed by atoms with van der Waals surface area (Å²) in [6, 6.07) is 2.98. The Morgan fingerprint density at radius 2 is 2.18 bits per heavy atom. The van der Waals surface area contributed by atoms with Gasteiger partial charge in [-0.05, 0) is 28.7 Å². The number of benzene rings is 1. The van der Waals surface area contributed by atoms with Crippen molar-refractivity contribution in [2.75, 3.05) is 18.5 Å². The molecule has 0 radical (unpaired) electrons. The van der Waals surface area contributed by atoms with Crippen LogP contribution in [0.25, 0.3) is 0 Å². The molecular formula is C13H8ClFIN3O3. The molecule has 0 unspecified atom stereocenters. The Bertz CT molecular complexity index is 745. The number of aliphatic hydroxyl groups is 1. The highest BCUT2D eigenvalue weighted by molar-refractivity contribution is 14.1. The molecular weight excluding hydrogens is 428 g/mol. The van der Waals surface area contributed by atoms with Gasteiger partial charge in [0.15, 0.2) is 5.82 Å². The molecule has 1 aromatic carbocycles. The zero-order chi connectivity index (χ0) is 16.4. The molecule has 0 bridgehead atoms. The Morgan fingerprint density at radius 1 is 1.50 bits per heavy atom. The Labute approximate surface area is 143 Å². The van der Waals surface area contributed by atoms with Crippen LogP contribution in [0, 0.1) is 20.7 Å². The van der Waals surface area contributed by atoms with Crippen LogP contribution in [0.2, 0.25) is 5.02 Å². The van der Waals surface area contributed by atoms with Gasteiger partial charge in [-0.2, -0.15) is 5.26 Å². The number of hydrogen-bond acceptors (Lipinski definition) is 5. The molecule has 0 spiro atoms. The molecule has 0 saturated carbocycles. The lowest BCUT2D eigenvalue weighted by Gasteiger charge is -2.15. The van der Waals surface area contributed by atoms with Crippen LogP contribution < -0.4 is 5.32 Å². The number of nitrogens with one attached hydrogen (secondary N) is 1. The largest absolute Gasteiger partial charge is 0.395 e. The first-order valence-electron chi connectivity index (χ1n) is 5.93. The van der Waals surface area contributed by atoms with Gasteiger partial charge >= 0.3 is 0 Å². The topological polar surface area (TPSA) is 93.4 Å². The molecule has 9 heteroatoms. The maximum absolute atomic E-state index is 13.9. The molecule has 0 saturated heterocycles. The predicted molar refractivity (Wildman–Crippen MR) is 84.4 cm³/mol. The van der Waals surface area contributed by atoms with Crippen LogP contribution in [0.3, 0.4) is 0 Å². The fraction of sp³-hybridized carbons (Fsp3) is 0.154. The molecule has 2 N–H and O–H groups in total. The first kappa shape index (κ1) is 16.7. The predicted octanol–water partition coefficient (Wildman–Crippen LogP) is 1.61. The van der Waals surface area contributed by atoms with Crippen molar-refractivity contribution in [3.8, 4) is 6.07 Å². The number of nitrogens with zero attached hydrogens (tertiary/aromatic N) is 2. The van der Waals surface area contributed by atoms with Gasteiger partial charge in [-0.15, -0.1) is 0 Å². The number of halogens is 3. The summed E-state index contributed by atoms with van der Waals surface area (Å²) in [7, 11) is 0. The second kappa shape index (κ2) is 6.60. The van der Waals surface area contributed by atoms with E-state index in [0.29, 0.717) is 3.57 Å². The minimum absolute atomic E-state index is 0.0586. The summed E-state index contributed by atoms with van der Waals surface area (Å²) < 4.78 is 14.3. The number of anilines is 1. The number of carbonyl (C=O) groups excluding carboxylic acids is 2. The maximum atomic E-state index is 13.9.